The van der Waals surface area contributed by atoms with Crippen molar-refractivity contribution in [3.05, 3.63) is 48.0 Å². The van der Waals surface area contributed by atoms with Crippen LogP contribution in [0.3, 0.4) is 0 Å². The summed E-state index contributed by atoms with van der Waals surface area (Å²) in [5, 5.41) is 0. The molecule has 1 N–H and O–H groups in total. The Balaban J connectivity index is 1.96. The molecule has 0 aliphatic carbocycles. The molecule has 1 fully saturated rings. The van der Waals surface area contributed by atoms with Gasteiger partial charge in [-0.2, -0.15) is 4.31 Å². The van der Waals surface area contributed by atoms with Gasteiger partial charge in [0.25, 0.3) is 5.91 Å². The molecule has 1 aromatic heterocycles. The minimum Gasteiger partial charge on any atom is -0.347 e. The number of hydrogen-bond donors (Lipinski definition) is 1. The minimum atomic E-state index is -3.69. The number of nitrogens with zero attached hydrogens (tertiary/aromatic N) is 3. The summed E-state index contributed by atoms with van der Waals surface area (Å²) in [5.74, 6) is 0.424. The lowest BCUT2D eigenvalue weighted by molar-refractivity contribution is 0.0827. The van der Waals surface area contributed by atoms with Crippen molar-refractivity contribution in [2.24, 2.45) is 0 Å². The topological polar surface area (TPSA) is 86.4 Å². The fourth-order valence-electron chi connectivity index (χ4n) is 2.94. The predicted octanol–water partition coefficient (Wildman–Crippen LogP) is 1.64. The van der Waals surface area contributed by atoms with E-state index >= 15 is 0 Å². The molecule has 1 saturated heterocycles. The maximum atomic E-state index is 13.0. The van der Waals surface area contributed by atoms with Crippen LogP contribution in [0.15, 0.2) is 41.6 Å². The molecule has 3 rings (SSSR count). The number of hydrogen-bond acceptors (Lipinski definition) is 4. The Bertz CT molecular complexity index is 831. The Kier molecular flexibility index (Phi) is 4.42. The zero-order valence-electron chi connectivity index (χ0n) is 13.6. The highest BCUT2D eigenvalue weighted by atomic mass is 32.2. The fraction of sp³-hybridized carbons (Fsp3) is 0.375. The summed E-state index contributed by atoms with van der Waals surface area (Å²) in [4.78, 5) is 20.9. The van der Waals surface area contributed by atoms with E-state index in [1.165, 1.54) is 21.3 Å². The van der Waals surface area contributed by atoms with Gasteiger partial charge in [0.1, 0.15) is 5.82 Å². The van der Waals surface area contributed by atoms with Gasteiger partial charge < -0.3 is 9.88 Å². The molecule has 2 heterocycles. The van der Waals surface area contributed by atoms with Gasteiger partial charge in [-0.3, -0.25) is 4.79 Å². The summed E-state index contributed by atoms with van der Waals surface area (Å²) < 4.78 is 27.6. The van der Waals surface area contributed by atoms with Crippen LogP contribution >= 0.6 is 0 Å². The quantitative estimate of drug-likeness (QED) is 0.910. The smallest absolute Gasteiger partial charge is 0.253 e. The molecule has 24 heavy (non-hydrogen) atoms. The van der Waals surface area contributed by atoms with E-state index in [1.807, 2.05) is 0 Å². The monoisotopic (exact) mass is 348 g/mol. The van der Waals surface area contributed by atoms with Gasteiger partial charge in [-0.15, -0.1) is 0 Å². The molecule has 1 aromatic carbocycles. The number of benzene rings is 1. The van der Waals surface area contributed by atoms with E-state index < -0.39 is 10.0 Å². The van der Waals surface area contributed by atoms with Crippen LogP contribution in [0.25, 0.3) is 0 Å². The molecule has 0 spiro atoms. The molecule has 1 aliphatic rings. The first-order chi connectivity index (χ1) is 11.4. The molecule has 2 aromatic rings. The molecule has 1 aliphatic heterocycles. The van der Waals surface area contributed by atoms with Crippen molar-refractivity contribution in [1.29, 1.82) is 0 Å². The van der Waals surface area contributed by atoms with Crippen LogP contribution < -0.4 is 0 Å². The summed E-state index contributed by atoms with van der Waals surface area (Å²) in [7, 11) is -0.421. The van der Waals surface area contributed by atoms with Crippen molar-refractivity contribution >= 4 is 15.9 Å². The summed E-state index contributed by atoms with van der Waals surface area (Å²) in [6.45, 7) is 0.444. The lowest BCUT2D eigenvalue weighted by Crippen LogP contribution is -2.31. The van der Waals surface area contributed by atoms with Gasteiger partial charge in [0.15, 0.2) is 0 Å². The highest BCUT2D eigenvalue weighted by molar-refractivity contribution is 7.89. The maximum Gasteiger partial charge on any atom is 0.253 e. The van der Waals surface area contributed by atoms with Crippen molar-refractivity contribution in [2.45, 2.75) is 23.8 Å². The van der Waals surface area contributed by atoms with E-state index in [-0.39, 0.29) is 16.8 Å². The van der Waals surface area contributed by atoms with E-state index in [1.54, 1.807) is 38.6 Å². The molecule has 0 radical (unpaired) electrons. The molecule has 1 unspecified atom stereocenters. The first kappa shape index (κ1) is 16.7. The highest BCUT2D eigenvalue weighted by Gasteiger charge is 2.37. The number of imidazole rings is 1. The number of aromatic amines is 1. The Labute approximate surface area is 141 Å². The average molecular weight is 348 g/mol. The van der Waals surface area contributed by atoms with Crippen molar-refractivity contribution in [2.75, 3.05) is 20.6 Å². The van der Waals surface area contributed by atoms with Gasteiger partial charge in [0.2, 0.25) is 10.0 Å². The summed E-state index contributed by atoms with van der Waals surface area (Å²) in [6.07, 6.45) is 4.81. The molecule has 8 heteroatoms. The van der Waals surface area contributed by atoms with E-state index in [0.29, 0.717) is 17.9 Å². The fourth-order valence-corrected chi connectivity index (χ4v) is 4.65. The normalized spacial score (nSPS) is 18.7. The zero-order chi connectivity index (χ0) is 17.3. The number of nitrogens with one attached hydrogen (secondary N) is 1. The van der Waals surface area contributed by atoms with Crippen molar-refractivity contribution in [3.8, 4) is 0 Å². The first-order valence-electron chi connectivity index (χ1n) is 7.74. The van der Waals surface area contributed by atoms with Crippen LogP contribution in [0.2, 0.25) is 0 Å². The number of rotatable bonds is 4. The summed E-state index contributed by atoms with van der Waals surface area (Å²) >= 11 is 0. The van der Waals surface area contributed by atoms with Gasteiger partial charge in [-0.05, 0) is 31.0 Å². The molecule has 128 valence electrons. The first-order valence-corrected chi connectivity index (χ1v) is 9.18. The van der Waals surface area contributed by atoms with Gasteiger partial charge in [-0.25, -0.2) is 13.4 Å². The zero-order valence-corrected chi connectivity index (χ0v) is 14.5. The van der Waals surface area contributed by atoms with Gasteiger partial charge in [0, 0.05) is 38.6 Å². The number of amides is 1. The lowest BCUT2D eigenvalue weighted by atomic mass is 10.2. The average Bonchev–Trinajstić information content (AvgIpc) is 3.24. The van der Waals surface area contributed by atoms with Crippen LogP contribution in [-0.2, 0) is 10.0 Å². The lowest BCUT2D eigenvalue weighted by Gasteiger charge is -2.23. The number of carbonyl (C=O) groups is 1. The van der Waals surface area contributed by atoms with Gasteiger partial charge in [0.05, 0.1) is 10.9 Å². The maximum absolute atomic E-state index is 13.0. The summed E-state index contributed by atoms with van der Waals surface area (Å²) in [5.41, 5.74) is 0.356. The molecule has 1 amide bonds. The SMILES string of the molecule is CN(C)C(=O)c1cccc(S(=O)(=O)N2CCCC2c2ncc[nH]2)c1. The Hall–Kier alpha value is -2.19. The predicted molar refractivity (Wildman–Crippen MR) is 88.9 cm³/mol. The van der Waals surface area contributed by atoms with E-state index in [2.05, 4.69) is 9.97 Å². The van der Waals surface area contributed by atoms with E-state index in [4.69, 9.17) is 0 Å². The molecular formula is C16H20N4O3S. The van der Waals surface area contributed by atoms with E-state index in [0.717, 1.165) is 12.8 Å². The largest absolute Gasteiger partial charge is 0.347 e. The number of H-pyrrole nitrogens is 1. The van der Waals surface area contributed by atoms with Crippen LogP contribution in [0.1, 0.15) is 35.1 Å². The molecule has 0 bridgehead atoms. The van der Waals surface area contributed by atoms with Crippen LogP contribution in [0.5, 0.6) is 0 Å². The number of carbonyl (C=O) groups excluding carboxylic acids is 1. The van der Waals surface area contributed by atoms with E-state index in [9.17, 15) is 13.2 Å². The van der Waals surface area contributed by atoms with Crippen molar-refractivity contribution in [3.63, 3.8) is 0 Å². The molecule has 7 nitrogen and oxygen atoms in total. The molecular weight excluding hydrogens is 328 g/mol. The standard InChI is InChI=1S/C16H20N4O3S/c1-19(2)16(21)12-5-3-6-13(11-12)24(22,23)20-10-4-7-14(20)15-17-8-9-18-15/h3,5-6,8-9,11,14H,4,7,10H2,1-2H3,(H,17,18). The summed E-state index contributed by atoms with van der Waals surface area (Å²) in [6, 6.07) is 5.89. The van der Waals surface area contributed by atoms with Crippen LogP contribution in [0.4, 0.5) is 0 Å². The van der Waals surface area contributed by atoms with Crippen molar-refractivity contribution < 1.29 is 13.2 Å². The van der Waals surface area contributed by atoms with Crippen LogP contribution in [0, 0.1) is 0 Å². The third-order valence-electron chi connectivity index (χ3n) is 4.13. The Morgan fingerprint density at radius 1 is 1.38 bits per heavy atom. The van der Waals surface area contributed by atoms with Crippen molar-refractivity contribution in [1.82, 2.24) is 19.2 Å². The minimum absolute atomic E-state index is 0.133. The second-order valence-corrected chi connectivity index (χ2v) is 7.87. The highest BCUT2D eigenvalue weighted by Crippen LogP contribution is 2.35. The van der Waals surface area contributed by atoms with Gasteiger partial charge in [-0.1, -0.05) is 6.07 Å². The second kappa shape index (κ2) is 6.37. The van der Waals surface area contributed by atoms with Gasteiger partial charge >= 0.3 is 0 Å². The number of aromatic nitrogens is 2. The Morgan fingerprint density at radius 3 is 2.83 bits per heavy atom. The number of sulfonamides is 1. The Morgan fingerprint density at radius 2 is 2.17 bits per heavy atom. The molecule has 1 atom stereocenters. The third-order valence-corrected chi connectivity index (χ3v) is 6.04. The third kappa shape index (κ3) is 2.94. The van der Waals surface area contributed by atoms with Crippen LogP contribution in [-0.4, -0.2) is 54.1 Å². The molecule has 0 saturated carbocycles. The second-order valence-electron chi connectivity index (χ2n) is 5.98.